The van der Waals surface area contributed by atoms with Crippen molar-refractivity contribution in [1.29, 1.82) is 0 Å². The molecule has 4 nitrogen and oxygen atoms in total. The van der Waals surface area contributed by atoms with E-state index in [1.165, 1.54) is 6.42 Å². The van der Waals surface area contributed by atoms with Gasteiger partial charge in [0.1, 0.15) is 5.66 Å². The minimum absolute atomic E-state index is 0.0417. The monoisotopic (exact) mass is 338 g/mol. The van der Waals surface area contributed by atoms with Gasteiger partial charge in [-0.05, 0) is 70.4 Å². The summed E-state index contributed by atoms with van der Waals surface area (Å²) in [6.07, 6.45) is 8.71. The van der Waals surface area contributed by atoms with E-state index in [4.69, 9.17) is 0 Å². The number of hydrogen-bond donors (Lipinski definition) is 1. The minimum Gasteiger partial charge on any atom is -0.329 e. The molecule has 0 aromatic heterocycles. The summed E-state index contributed by atoms with van der Waals surface area (Å²) in [6.45, 7) is 2.01. The zero-order valence-electron chi connectivity index (χ0n) is 14.9. The largest absolute Gasteiger partial charge is 0.329 e. The van der Waals surface area contributed by atoms with Gasteiger partial charge in [0.05, 0.1) is 0 Å². The van der Waals surface area contributed by atoms with E-state index >= 15 is 0 Å². The second kappa shape index (κ2) is 6.32. The molecule has 2 aliphatic carbocycles. The molecule has 1 aliphatic heterocycles. The van der Waals surface area contributed by atoms with E-state index in [1.54, 1.807) is 0 Å². The molecular formula is C21H26N2O2. The average Bonchev–Trinajstić information content (AvgIpc) is 2.62. The van der Waals surface area contributed by atoms with Gasteiger partial charge in [0.15, 0.2) is 0 Å². The first-order valence-electron chi connectivity index (χ1n) is 9.56. The molecule has 2 amide bonds. The lowest BCUT2D eigenvalue weighted by Gasteiger charge is -2.51. The Hall–Kier alpha value is -2.10. The number of benzene rings is 1. The van der Waals surface area contributed by atoms with Crippen molar-refractivity contribution >= 4 is 11.8 Å². The van der Waals surface area contributed by atoms with Crippen LogP contribution in [0.2, 0.25) is 0 Å². The molecule has 1 spiro atoms. The molecule has 0 radical (unpaired) electrons. The van der Waals surface area contributed by atoms with Crippen LogP contribution in [0.3, 0.4) is 0 Å². The Bertz CT molecular complexity index is 744. The van der Waals surface area contributed by atoms with Crippen LogP contribution in [-0.2, 0) is 4.79 Å². The van der Waals surface area contributed by atoms with E-state index in [2.05, 4.69) is 5.32 Å². The molecular weight excluding hydrogens is 312 g/mol. The maximum absolute atomic E-state index is 13.5. The SMILES string of the molecule is Cc1cccc(C(=O)N2C3=C(CCCC3)C(=O)NC23CCCCC3)c1. The van der Waals surface area contributed by atoms with Crippen molar-refractivity contribution in [1.82, 2.24) is 10.2 Å². The van der Waals surface area contributed by atoms with Gasteiger partial charge in [0.25, 0.3) is 11.8 Å². The van der Waals surface area contributed by atoms with Gasteiger partial charge in [-0.3, -0.25) is 14.5 Å². The Labute approximate surface area is 149 Å². The minimum atomic E-state index is -0.521. The van der Waals surface area contributed by atoms with Gasteiger partial charge < -0.3 is 5.32 Å². The van der Waals surface area contributed by atoms with E-state index in [0.717, 1.165) is 73.8 Å². The zero-order chi connectivity index (χ0) is 17.4. The van der Waals surface area contributed by atoms with Gasteiger partial charge in [0.2, 0.25) is 0 Å². The molecule has 0 bridgehead atoms. The Kier molecular flexibility index (Phi) is 4.14. The summed E-state index contributed by atoms with van der Waals surface area (Å²) < 4.78 is 0. The molecule has 1 saturated carbocycles. The van der Waals surface area contributed by atoms with E-state index in [-0.39, 0.29) is 11.8 Å². The highest BCUT2D eigenvalue weighted by Gasteiger charge is 2.48. The van der Waals surface area contributed by atoms with Gasteiger partial charge in [0, 0.05) is 16.8 Å². The third-order valence-electron chi connectivity index (χ3n) is 5.91. The normalized spacial score (nSPS) is 22.6. The maximum Gasteiger partial charge on any atom is 0.259 e. The molecule has 4 rings (SSSR count). The maximum atomic E-state index is 13.5. The number of allylic oxidation sites excluding steroid dienone is 1. The average molecular weight is 338 g/mol. The number of nitrogens with zero attached hydrogens (tertiary/aromatic N) is 1. The summed E-state index contributed by atoms with van der Waals surface area (Å²) in [5, 5.41) is 3.25. The Balaban J connectivity index is 1.82. The fourth-order valence-corrected chi connectivity index (χ4v) is 4.69. The van der Waals surface area contributed by atoms with Crippen LogP contribution in [0.1, 0.15) is 73.7 Å². The first kappa shape index (κ1) is 16.4. The van der Waals surface area contributed by atoms with Crippen molar-refractivity contribution in [3.05, 3.63) is 46.7 Å². The third-order valence-corrected chi connectivity index (χ3v) is 5.91. The molecule has 1 heterocycles. The van der Waals surface area contributed by atoms with E-state index in [9.17, 15) is 9.59 Å². The Morgan fingerprint density at radius 3 is 2.60 bits per heavy atom. The lowest BCUT2D eigenvalue weighted by Crippen LogP contribution is -2.66. The molecule has 1 aromatic carbocycles. The highest BCUT2D eigenvalue weighted by atomic mass is 16.2. The number of hydrogen-bond acceptors (Lipinski definition) is 2. The zero-order valence-corrected chi connectivity index (χ0v) is 14.9. The Morgan fingerprint density at radius 1 is 1.08 bits per heavy atom. The molecule has 0 saturated heterocycles. The van der Waals surface area contributed by atoms with Crippen LogP contribution in [0.25, 0.3) is 0 Å². The van der Waals surface area contributed by atoms with Crippen molar-refractivity contribution in [3.63, 3.8) is 0 Å². The topological polar surface area (TPSA) is 49.4 Å². The van der Waals surface area contributed by atoms with E-state index in [0.29, 0.717) is 0 Å². The van der Waals surface area contributed by atoms with Crippen molar-refractivity contribution < 1.29 is 9.59 Å². The third kappa shape index (κ3) is 2.78. The quantitative estimate of drug-likeness (QED) is 0.839. The molecule has 0 atom stereocenters. The summed E-state index contributed by atoms with van der Waals surface area (Å²) in [4.78, 5) is 28.3. The second-order valence-electron chi connectivity index (χ2n) is 7.69. The number of rotatable bonds is 1. The fraction of sp³-hybridized carbons (Fsp3) is 0.524. The predicted octanol–water partition coefficient (Wildman–Crippen LogP) is 4.06. The summed E-state index contributed by atoms with van der Waals surface area (Å²) in [5.74, 6) is 0.102. The van der Waals surface area contributed by atoms with Crippen molar-refractivity contribution in [2.75, 3.05) is 0 Å². The van der Waals surface area contributed by atoms with Crippen LogP contribution in [-0.4, -0.2) is 22.4 Å². The highest BCUT2D eigenvalue weighted by Crippen LogP contribution is 2.42. The number of carbonyl (C=O) groups is 2. The molecule has 1 N–H and O–H groups in total. The summed E-state index contributed by atoms with van der Waals surface area (Å²) >= 11 is 0. The van der Waals surface area contributed by atoms with Gasteiger partial charge in [-0.2, -0.15) is 0 Å². The van der Waals surface area contributed by atoms with E-state index in [1.807, 2.05) is 36.1 Å². The molecule has 1 aromatic rings. The standard InChI is InChI=1S/C21H26N2O2/c1-15-8-7-9-16(14-15)20(25)23-18-11-4-3-10-17(18)19(24)22-21(23)12-5-2-6-13-21/h7-9,14H,2-6,10-13H2,1H3,(H,22,24). The molecule has 3 aliphatic rings. The van der Waals surface area contributed by atoms with Crippen molar-refractivity contribution in [3.8, 4) is 0 Å². The number of amides is 2. The van der Waals surface area contributed by atoms with Crippen LogP contribution in [0.4, 0.5) is 0 Å². The van der Waals surface area contributed by atoms with Gasteiger partial charge >= 0.3 is 0 Å². The fourth-order valence-electron chi connectivity index (χ4n) is 4.69. The van der Waals surface area contributed by atoms with Crippen LogP contribution < -0.4 is 5.32 Å². The molecule has 132 valence electrons. The van der Waals surface area contributed by atoms with Crippen LogP contribution in [0.15, 0.2) is 35.5 Å². The van der Waals surface area contributed by atoms with Crippen LogP contribution >= 0.6 is 0 Å². The number of nitrogens with one attached hydrogen (secondary N) is 1. The molecule has 4 heteroatoms. The first-order chi connectivity index (χ1) is 12.1. The molecule has 0 unspecified atom stereocenters. The van der Waals surface area contributed by atoms with Crippen molar-refractivity contribution in [2.45, 2.75) is 70.4 Å². The van der Waals surface area contributed by atoms with E-state index < -0.39 is 5.66 Å². The number of aryl methyl sites for hydroxylation is 1. The van der Waals surface area contributed by atoms with Crippen molar-refractivity contribution in [2.24, 2.45) is 0 Å². The summed E-state index contributed by atoms with van der Waals surface area (Å²) in [7, 11) is 0. The first-order valence-corrected chi connectivity index (χ1v) is 9.56. The molecule has 25 heavy (non-hydrogen) atoms. The number of carbonyl (C=O) groups excluding carboxylic acids is 2. The lowest BCUT2D eigenvalue weighted by atomic mass is 9.81. The predicted molar refractivity (Wildman–Crippen MR) is 96.8 cm³/mol. The second-order valence-corrected chi connectivity index (χ2v) is 7.69. The summed E-state index contributed by atoms with van der Waals surface area (Å²) in [6, 6.07) is 7.80. The van der Waals surface area contributed by atoms with Crippen LogP contribution in [0.5, 0.6) is 0 Å². The van der Waals surface area contributed by atoms with Crippen LogP contribution in [0, 0.1) is 6.92 Å². The molecule has 1 fully saturated rings. The highest BCUT2D eigenvalue weighted by molar-refractivity contribution is 6.01. The van der Waals surface area contributed by atoms with Gasteiger partial charge in [-0.1, -0.05) is 24.1 Å². The lowest BCUT2D eigenvalue weighted by molar-refractivity contribution is -0.124. The van der Waals surface area contributed by atoms with Gasteiger partial charge in [-0.15, -0.1) is 0 Å². The van der Waals surface area contributed by atoms with Gasteiger partial charge in [-0.25, -0.2) is 0 Å². The Morgan fingerprint density at radius 2 is 1.84 bits per heavy atom. The summed E-state index contributed by atoms with van der Waals surface area (Å²) in [5.41, 5.74) is 3.11. The smallest absolute Gasteiger partial charge is 0.259 e.